The molecule has 0 radical (unpaired) electrons. The molecular weight excluding hydrogens is 315 g/mol. The van der Waals surface area contributed by atoms with Crippen molar-refractivity contribution in [2.45, 2.75) is 13.3 Å². The van der Waals surface area contributed by atoms with Crippen molar-refractivity contribution in [3.05, 3.63) is 53.8 Å². The predicted molar refractivity (Wildman–Crippen MR) is 89.5 cm³/mol. The number of anilines is 1. The first-order chi connectivity index (χ1) is 11.2. The van der Waals surface area contributed by atoms with Crippen LogP contribution in [-0.2, 0) is 11.2 Å². The Morgan fingerprint density at radius 2 is 2.04 bits per heavy atom. The average molecular weight is 330 g/mol. The second-order valence-electron chi connectivity index (χ2n) is 4.94. The molecule has 1 amide bonds. The number of rotatable bonds is 5. The molecule has 6 heteroatoms. The van der Waals surface area contributed by atoms with Crippen LogP contribution in [0.25, 0.3) is 10.2 Å². The lowest BCUT2D eigenvalue weighted by Crippen LogP contribution is -2.20. The van der Waals surface area contributed by atoms with Crippen LogP contribution in [0.15, 0.2) is 42.5 Å². The van der Waals surface area contributed by atoms with Crippen molar-refractivity contribution >= 4 is 32.6 Å². The summed E-state index contributed by atoms with van der Waals surface area (Å²) in [5, 5.41) is 2.99. The van der Waals surface area contributed by atoms with Crippen molar-refractivity contribution in [3.63, 3.8) is 0 Å². The minimum Gasteiger partial charge on any atom is -0.484 e. The first-order valence-electron chi connectivity index (χ1n) is 7.22. The number of ether oxygens (including phenoxy) is 1. The third kappa shape index (κ3) is 3.65. The van der Waals surface area contributed by atoms with Crippen molar-refractivity contribution in [2.75, 3.05) is 11.9 Å². The van der Waals surface area contributed by atoms with Crippen molar-refractivity contribution in [1.82, 2.24) is 4.98 Å². The molecule has 0 spiro atoms. The molecule has 0 saturated carbocycles. The second kappa shape index (κ2) is 6.75. The Morgan fingerprint density at radius 3 is 2.74 bits per heavy atom. The Morgan fingerprint density at radius 1 is 1.26 bits per heavy atom. The molecule has 2 aromatic carbocycles. The molecule has 0 bridgehead atoms. The van der Waals surface area contributed by atoms with E-state index in [0.717, 1.165) is 6.42 Å². The van der Waals surface area contributed by atoms with Gasteiger partial charge in [-0.2, -0.15) is 0 Å². The fraction of sp³-hybridized carbons (Fsp3) is 0.176. The number of carbonyl (C=O) groups excluding carboxylic acids is 1. The predicted octanol–water partition coefficient (Wildman–Crippen LogP) is 4.02. The number of hydrogen-bond donors (Lipinski definition) is 1. The lowest BCUT2D eigenvalue weighted by Gasteiger charge is -2.06. The van der Waals surface area contributed by atoms with Gasteiger partial charge in [0.15, 0.2) is 11.7 Å². The molecule has 23 heavy (non-hydrogen) atoms. The van der Waals surface area contributed by atoms with Gasteiger partial charge in [-0.1, -0.05) is 36.5 Å². The maximum absolute atomic E-state index is 13.6. The van der Waals surface area contributed by atoms with Gasteiger partial charge in [-0.15, -0.1) is 0 Å². The van der Waals surface area contributed by atoms with Crippen molar-refractivity contribution in [3.8, 4) is 5.75 Å². The molecule has 0 atom stereocenters. The summed E-state index contributed by atoms with van der Waals surface area (Å²) in [6.45, 7) is 1.95. The maximum Gasteiger partial charge on any atom is 0.264 e. The van der Waals surface area contributed by atoms with E-state index in [1.54, 1.807) is 12.1 Å². The Labute approximate surface area is 136 Å². The summed E-state index contributed by atoms with van der Waals surface area (Å²) in [7, 11) is 0. The fourth-order valence-electron chi connectivity index (χ4n) is 2.09. The Balaban J connectivity index is 1.60. The van der Waals surface area contributed by atoms with Crippen molar-refractivity contribution < 1.29 is 13.9 Å². The fourth-order valence-corrected chi connectivity index (χ4v) is 2.99. The van der Waals surface area contributed by atoms with Crippen LogP contribution in [0.1, 0.15) is 12.5 Å². The van der Waals surface area contributed by atoms with E-state index in [4.69, 9.17) is 4.74 Å². The molecule has 1 heterocycles. The number of thiazole rings is 1. The molecule has 0 aliphatic rings. The Bertz CT molecular complexity index is 830. The van der Waals surface area contributed by atoms with Gasteiger partial charge in [0.05, 0.1) is 4.70 Å². The second-order valence-corrected chi connectivity index (χ2v) is 5.97. The highest BCUT2D eigenvalue weighted by atomic mass is 32.1. The van der Waals surface area contributed by atoms with E-state index in [1.165, 1.54) is 23.0 Å². The molecule has 1 N–H and O–H groups in total. The zero-order chi connectivity index (χ0) is 16.2. The summed E-state index contributed by atoms with van der Waals surface area (Å²) in [5.74, 6) is -0.0942. The topological polar surface area (TPSA) is 51.2 Å². The molecule has 0 aliphatic heterocycles. The minimum absolute atomic E-state index is 0.121. The Hall–Kier alpha value is -2.47. The molecule has 0 saturated heterocycles. The molecule has 3 aromatic rings. The lowest BCUT2D eigenvalue weighted by atomic mass is 10.2. The molecule has 1 aromatic heterocycles. The number of benzene rings is 2. The Kier molecular flexibility index (Phi) is 4.52. The van der Waals surface area contributed by atoms with E-state index < -0.39 is 5.82 Å². The van der Waals surface area contributed by atoms with Gasteiger partial charge >= 0.3 is 0 Å². The van der Waals surface area contributed by atoms with Crippen LogP contribution in [0, 0.1) is 5.82 Å². The first-order valence-corrected chi connectivity index (χ1v) is 8.04. The van der Waals surface area contributed by atoms with Gasteiger partial charge in [0.1, 0.15) is 17.1 Å². The number of halogens is 1. The van der Waals surface area contributed by atoms with Crippen molar-refractivity contribution in [2.24, 2.45) is 0 Å². The number of amides is 1. The smallest absolute Gasteiger partial charge is 0.264 e. The van der Waals surface area contributed by atoms with Gasteiger partial charge in [0, 0.05) is 0 Å². The number of aromatic nitrogens is 1. The quantitative estimate of drug-likeness (QED) is 0.769. The number of carbonyl (C=O) groups is 1. The van der Waals surface area contributed by atoms with Gasteiger partial charge in [-0.05, 0) is 36.2 Å². The van der Waals surface area contributed by atoms with E-state index in [-0.39, 0.29) is 18.0 Å². The van der Waals surface area contributed by atoms with Crippen LogP contribution in [-0.4, -0.2) is 17.5 Å². The van der Waals surface area contributed by atoms with Crippen LogP contribution in [0.3, 0.4) is 0 Å². The summed E-state index contributed by atoms with van der Waals surface area (Å²) in [6, 6.07) is 12.3. The van der Waals surface area contributed by atoms with E-state index in [9.17, 15) is 9.18 Å². The standard InChI is InChI=1S/C17H15FN2O2S/c1-2-11-6-8-12(9-7-11)22-10-15(21)19-17-20-16-13(18)4-3-5-14(16)23-17/h3-9H,2,10H2,1H3,(H,19,20,21). The van der Waals surface area contributed by atoms with Crippen LogP contribution >= 0.6 is 11.3 Å². The molecule has 3 rings (SSSR count). The lowest BCUT2D eigenvalue weighted by molar-refractivity contribution is -0.118. The van der Waals surface area contributed by atoms with Gasteiger partial charge < -0.3 is 4.74 Å². The number of nitrogens with one attached hydrogen (secondary N) is 1. The zero-order valence-corrected chi connectivity index (χ0v) is 13.3. The third-order valence-corrected chi connectivity index (χ3v) is 4.25. The van der Waals surface area contributed by atoms with Crippen LogP contribution < -0.4 is 10.1 Å². The van der Waals surface area contributed by atoms with Gasteiger partial charge in [-0.25, -0.2) is 9.37 Å². The molecule has 0 aliphatic carbocycles. The number of para-hydroxylation sites is 1. The summed E-state index contributed by atoms with van der Waals surface area (Å²) >= 11 is 1.23. The summed E-state index contributed by atoms with van der Waals surface area (Å²) < 4.78 is 19.7. The maximum atomic E-state index is 13.6. The number of aryl methyl sites for hydroxylation is 1. The monoisotopic (exact) mass is 330 g/mol. The summed E-state index contributed by atoms with van der Waals surface area (Å²) in [6.07, 6.45) is 0.953. The summed E-state index contributed by atoms with van der Waals surface area (Å²) in [5.41, 5.74) is 1.47. The molecule has 4 nitrogen and oxygen atoms in total. The van der Waals surface area contributed by atoms with Gasteiger partial charge in [0.25, 0.3) is 5.91 Å². The summed E-state index contributed by atoms with van der Waals surface area (Å²) in [4.78, 5) is 16.0. The van der Waals surface area contributed by atoms with Gasteiger partial charge in [-0.3, -0.25) is 10.1 Å². The SMILES string of the molecule is CCc1ccc(OCC(=O)Nc2nc3c(F)cccc3s2)cc1. The van der Waals surface area contributed by atoms with E-state index in [1.807, 2.05) is 24.3 Å². The molecule has 118 valence electrons. The molecule has 0 fully saturated rings. The molecule has 0 unspecified atom stereocenters. The zero-order valence-electron chi connectivity index (χ0n) is 12.5. The van der Waals surface area contributed by atoms with E-state index >= 15 is 0 Å². The number of hydrogen-bond acceptors (Lipinski definition) is 4. The highest BCUT2D eigenvalue weighted by molar-refractivity contribution is 7.22. The van der Waals surface area contributed by atoms with Gasteiger partial charge in [0.2, 0.25) is 0 Å². The highest BCUT2D eigenvalue weighted by Gasteiger charge is 2.11. The highest BCUT2D eigenvalue weighted by Crippen LogP contribution is 2.27. The third-order valence-electron chi connectivity index (χ3n) is 3.32. The van der Waals surface area contributed by atoms with Crippen LogP contribution in [0.4, 0.5) is 9.52 Å². The van der Waals surface area contributed by atoms with Crippen LogP contribution in [0.5, 0.6) is 5.75 Å². The molecular formula is C17H15FN2O2S. The largest absolute Gasteiger partial charge is 0.484 e. The number of fused-ring (bicyclic) bond motifs is 1. The number of nitrogens with zero attached hydrogens (tertiary/aromatic N) is 1. The van der Waals surface area contributed by atoms with Crippen molar-refractivity contribution in [1.29, 1.82) is 0 Å². The minimum atomic E-state index is -0.397. The van der Waals surface area contributed by atoms with Crippen LogP contribution in [0.2, 0.25) is 0 Å². The van der Waals surface area contributed by atoms with E-state index in [2.05, 4.69) is 17.2 Å². The normalized spacial score (nSPS) is 10.7. The van der Waals surface area contributed by atoms with E-state index in [0.29, 0.717) is 15.6 Å². The average Bonchev–Trinajstić information content (AvgIpc) is 2.97. The first kappa shape index (κ1) is 15.4.